The van der Waals surface area contributed by atoms with E-state index >= 15 is 0 Å². The zero-order chi connectivity index (χ0) is 16.7. The zero-order valence-electron chi connectivity index (χ0n) is 10.6. The van der Waals surface area contributed by atoms with Crippen LogP contribution < -0.4 is 0 Å². The summed E-state index contributed by atoms with van der Waals surface area (Å²) in [5, 5.41) is 0. The lowest BCUT2D eigenvalue weighted by Gasteiger charge is -2.15. The molecule has 0 aromatic rings. The van der Waals surface area contributed by atoms with E-state index < -0.39 is 13.6 Å². The summed E-state index contributed by atoms with van der Waals surface area (Å²) in [5.41, 5.74) is 0. The van der Waals surface area contributed by atoms with Crippen LogP contribution in [0.25, 0.3) is 0 Å². The molecule has 0 heterocycles. The van der Waals surface area contributed by atoms with Crippen molar-refractivity contribution in [3.63, 3.8) is 0 Å². The first kappa shape index (κ1) is 21.4. The molecule has 0 spiro atoms. The molecule has 0 aliphatic heterocycles. The molecule has 0 N–H and O–H groups in total. The lowest BCUT2D eigenvalue weighted by Crippen LogP contribution is -2.15. The maximum atomic E-state index is 11.4. The second kappa shape index (κ2) is 9.56. The molecule has 0 rings (SSSR count). The van der Waals surface area contributed by atoms with E-state index in [0.29, 0.717) is 6.42 Å². The molecule has 0 saturated heterocycles. The quantitative estimate of drug-likeness (QED) is 0.181. The second-order valence-corrected chi connectivity index (χ2v) is 8.15. The van der Waals surface area contributed by atoms with Crippen LogP contribution in [0.3, 0.4) is 0 Å². The summed E-state index contributed by atoms with van der Waals surface area (Å²) >= 11 is 32.9. The Hall–Kier alpha value is 0.450. The molecule has 0 amide bonds. The third-order valence-corrected chi connectivity index (χ3v) is 3.12. The highest BCUT2D eigenvalue weighted by atomic mass is 35.6. The van der Waals surface area contributed by atoms with Crippen molar-refractivity contribution < 1.29 is 19.0 Å². The molecule has 0 fully saturated rings. The maximum Gasteiger partial charge on any atom is 0.311 e. The first-order chi connectivity index (χ1) is 9.44. The zero-order valence-corrected chi connectivity index (χ0v) is 15.2. The molecule has 0 unspecified atom stereocenters. The summed E-state index contributed by atoms with van der Waals surface area (Å²) in [6.07, 6.45) is 0.404. The third-order valence-electron chi connectivity index (χ3n) is 1.86. The summed E-state index contributed by atoms with van der Waals surface area (Å²) < 4.78 is 11.1. The fourth-order valence-electron chi connectivity index (χ4n) is 0.818. The number of halogens is 6. The van der Waals surface area contributed by atoms with Crippen LogP contribution in [0.15, 0.2) is 24.7 Å². The number of ether oxygens (including phenoxy) is 3. The topological polar surface area (TPSA) is 44.8 Å². The van der Waals surface area contributed by atoms with E-state index in [1.165, 1.54) is 0 Å². The van der Waals surface area contributed by atoms with Gasteiger partial charge in [-0.1, -0.05) is 82.8 Å². The lowest BCUT2D eigenvalue weighted by atomic mass is 10.3. The van der Waals surface area contributed by atoms with E-state index in [9.17, 15) is 4.79 Å². The molecule has 0 aliphatic carbocycles. The molecule has 0 bridgehead atoms. The molecular weight excluding hydrogens is 409 g/mol. The predicted octanol–water partition coefficient (Wildman–Crippen LogP) is 5.07. The number of rotatable bonds is 8. The first-order valence-corrected chi connectivity index (χ1v) is 7.64. The van der Waals surface area contributed by atoms with Crippen LogP contribution in [0.2, 0.25) is 0 Å². The second-order valence-electron chi connectivity index (χ2n) is 3.59. The summed E-state index contributed by atoms with van der Waals surface area (Å²) in [7, 11) is 0. The van der Waals surface area contributed by atoms with Crippen molar-refractivity contribution in [3.05, 3.63) is 24.7 Å². The average Bonchev–Trinajstić information content (AvgIpc) is 2.30. The van der Waals surface area contributed by atoms with Gasteiger partial charge in [-0.2, -0.15) is 0 Å². The molecule has 0 aromatic carbocycles. The Morgan fingerprint density at radius 1 is 0.952 bits per heavy atom. The molecule has 0 atom stereocenters. The summed E-state index contributed by atoms with van der Waals surface area (Å²) in [4.78, 5) is 11.4. The minimum absolute atomic E-state index is 0.0468. The van der Waals surface area contributed by atoms with Gasteiger partial charge in [-0.15, -0.1) is 0 Å². The smallest absolute Gasteiger partial charge is 0.311 e. The molecule has 122 valence electrons. The molecular formula is C11H12Cl6O4. The SMILES string of the molecule is C=C(OCOCCCC(=O)OC(=C)C(Cl)(Cl)Cl)C(Cl)(Cl)Cl. The summed E-state index contributed by atoms with van der Waals surface area (Å²) in [5.74, 6) is -0.923. The van der Waals surface area contributed by atoms with Gasteiger partial charge in [0.05, 0.1) is 6.61 Å². The van der Waals surface area contributed by atoms with Crippen molar-refractivity contribution in [3.8, 4) is 0 Å². The number of carbonyl (C=O) groups excluding carboxylic acids is 1. The number of esters is 1. The number of hydrogen-bond acceptors (Lipinski definition) is 4. The normalized spacial score (nSPS) is 11.9. The summed E-state index contributed by atoms with van der Waals surface area (Å²) in [6.45, 7) is 6.78. The van der Waals surface area contributed by atoms with Crippen molar-refractivity contribution in [1.29, 1.82) is 0 Å². The molecule has 10 heteroatoms. The number of hydrogen-bond donors (Lipinski definition) is 0. The molecule has 0 aliphatic rings. The van der Waals surface area contributed by atoms with Crippen molar-refractivity contribution in [1.82, 2.24) is 0 Å². The van der Waals surface area contributed by atoms with Gasteiger partial charge in [0.2, 0.25) is 7.59 Å². The molecule has 4 nitrogen and oxygen atoms in total. The maximum absolute atomic E-state index is 11.4. The van der Waals surface area contributed by atoms with Crippen molar-refractivity contribution >= 4 is 75.6 Å². The largest absolute Gasteiger partial charge is 0.468 e. The van der Waals surface area contributed by atoms with Gasteiger partial charge in [0, 0.05) is 6.42 Å². The molecule has 0 saturated carbocycles. The Morgan fingerprint density at radius 2 is 1.48 bits per heavy atom. The van der Waals surface area contributed by atoms with E-state index in [2.05, 4.69) is 13.2 Å². The van der Waals surface area contributed by atoms with Crippen LogP contribution in [0.5, 0.6) is 0 Å². The van der Waals surface area contributed by atoms with Crippen LogP contribution in [0.1, 0.15) is 12.8 Å². The van der Waals surface area contributed by atoms with Crippen LogP contribution in [0, 0.1) is 0 Å². The Labute approximate surface area is 152 Å². The van der Waals surface area contributed by atoms with Gasteiger partial charge in [-0.05, 0) is 6.42 Å². The fourth-order valence-corrected chi connectivity index (χ4v) is 1.10. The standard InChI is InChI=1S/C11H12Cl6O4/c1-7(10(12,13)14)20-6-19-5-3-4-9(18)21-8(2)11(15,16)17/h1-6H2. The summed E-state index contributed by atoms with van der Waals surface area (Å²) in [6, 6.07) is 0. The van der Waals surface area contributed by atoms with Gasteiger partial charge in [-0.25, -0.2) is 0 Å². The van der Waals surface area contributed by atoms with Gasteiger partial charge >= 0.3 is 5.97 Å². The Bertz CT molecular complexity index is 385. The predicted molar refractivity (Wildman–Crippen MR) is 86.1 cm³/mol. The highest BCUT2D eigenvalue weighted by molar-refractivity contribution is 6.69. The fraction of sp³-hybridized carbons (Fsp3) is 0.545. The Kier molecular flexibility index (Phi) is 9.76. The van der Waals surface area contributed by atoms with Crippen molar-refractivity contribution in [2.75, 3.05) is 13.4 Å². The van der Waals surface area contributed by atoms with E-state index in [4.69, 9.17) is 83.8 Å². The number of allylic oxidation sites excluding steroid dienone is 2. The van der Waals surface area contributed by atoms with Crippen LogP contribution in [0.4, 0.5) is 0 Å². The monoisotopic (exact) mass is 418 g/mol. The van der Waals surface area contributed by atoms with Gasteiger partial charge in [-0.3, -0.25) is 4.79 Å². The number of alkyl halides is 6. The van der Waals surface area contributed by atoms with Crippen LogP contribution in [-0.2, 0) is 19.0 Å². The number of carbonyl (C=O) groups is 1. The minimum atomic E-state index is -1.85. The molecule has 0 aromatic heterocycles. The minimum Gasteiger partial charge on any atom is -0.468 e. The van der Waals surface area contributed by atoms with Gasteiger partial charge < -0.3 is 14.2 Å². The van der Waals surface area contributed by atoms with E-state index in [-0.39, 0.29) is 31.3 Å². The highest BCUT2D eigenvalue weighted by Gasteiger charge is 2.28. The van der Waals surface area contributed by atoms with Gasteiger partial charge in [0.25, 0.3) is 0 Å². The van der Waals surface area contributed by atoms with E-state index in [1.807, 2.05) is 0 Å². The third kappa shape index (κ3) is 10.7. The van der Waals surface area contributed by atoms with Crippen molar-refractivity contribution in [2.24, 2.45) is 0 Å². The van der Waals surface area contributed by atoms with Gasteiger partial charge in [0.1, 0.15) is 5.76 Å². The Morgan fingerprint density at radius 3 is 1.95 bits per heavy atom. The van der Waals surface area contributed by atoms with E-state index in [1.54, 1.807) is 0 Å². The van der Waals surface area contributed by atoms with E-state index in [0.717, 1.165) is 0 Å². The van der Waals surface area contributed by atoms with Crippen molar-refractivity contribution in [2.45, 2.75) is 20.4 Å². The highest BCUT2D eigenvalue weighted by Crippen LogP contribution is 2.34. The Balaban J connectivity index is 3.71. The lowest BCUT2D eigenvalue weighted by molar-refractivity contribution is -0.140. The molecule has 0 radical (unpaired) electrons. The molecule has 21 heavy (non-hydrogen) atoms. The van der Waals surface area contributed by atoms with Gasteiger partial charge in [0.15, 0.2) is 12.6 Å². The average molecular weight is 421 g/mol. The first-order valence-electron chi connectivity index (χ1n) is 5.38. The van der Waals surface area contributed by atoms with Crippen LogP contribution >= 0.6 is 69.6 Å². The van der Waals surface area contributed by atoms with Crippen LogP contribution in [-0.4, -0.2) is 27.0 Å².